The molecule has 0 unspecified atom stereocenters. The number of likely N-dealkylation sites (tertiary alicyclic amines) is 1. The Balaban J connectivity index is 1.61. The van der Waals surface area contributed by atoms with Gasteiger partial charge in [-0.15, -0.1) is 0 Å². The topological polar surface area (TPSA) is 114 Å². The lowest BCUT2D eigenvalue weighted by molar-refractivity contribution is -0.383. The van der Waals surface area contributed by atoms with Crippen LogP contribution in [0.4, 0.5) is 17.1 Å². The molecule has 1 saturated heterocycles. The number of nitro groups is 1. The number of methoxy groups -OCH3 is 1. The molecule has 0 radical (unpaired) electrons. The third-order valence-electron chi connectivity index (χ3n) is 5.47. The van der Waals surface area contributed by atoms with Crippen LogP contribution in [0.3, 0.4) is 0 Å². The van der Waals surface area contributed by atoms with Crippen molar-refractivity contribution in [3.05, 3.63) is 64.2 Å². The van der Waals surface area contributed by atoms with Crippen LogP contribution in [-0.4, -0.2) is 55.0 Å². The number of rotatable bonds is 9. The highest BCUT2D eigenvalue weighted by atomic mass is 16.6. The van der Waals surface area contributed by atoms with Crippen molar-refractivity contribution in [2.24, 2.45) is 5.92 Å². The van der Waals surface area contributed by atoms with Crippen molar-refractivity contribution >= 4 is 28.9 Å². The number of nitro benzene ring substituents is 1. The Hall–Kier alpha value is -3.46. The van der Waals surface area contributed by atoms with E-state index in [4.69, 9.17) is 4.74 Å². The lowest BCUT2D eigenvalue weighted by Gasteiger charge is -2.31. The number of nitrogens with zero attached hydrogens (tertiary/aromatic N) is 2. The van der Waals surface area contributed by atoms with E-state index in [2.05, 4.69) is 10.6 Å². The standard InChI is InChI=1S/C23H28N4O5/c1-32-15-5-12-24-22(28)17-10-13-26(14-11-17)23(29)18-8-9-20(21(16-18)27(30)31)25-19-6-3-2-4-7-19/h2-4,6-9,16-17,25H,5,10-15H2,1H3,(H,24,28). The van der Waals surface area contributed by atoms with Crippen LogP contribution in [0.15, 0.2) is 48.5 Å². The fourth-order valence-corrected chi connectivity index (χ4v) is 3.70. The highest BCUT2D eigenvalue weighted by Gasteiger charge is 2.28. The highest BCUT2D eigenvalue weighted by Crippen LogP contribution is 2.29. The van der Waals surface area contributed by atoms with E-state index >= 15 is 0 Å². The molecular formula is C23H28N4O5. The number of carbonyl (C=O) groups excluding carboxylic acids is 2. The molecular weight excluding hydrogens is 412 g/mol. The predicted molar refractivity (Wildman–Crippen MR) is 121 cm³/mol. The predicted octanol–water partition coefficient (Wildman–Crippen LogP) is 3.34. The Kier molecular flexibility index (Phi) is 8.15. The maximum atomic E-state index is 12.9. The normalized spacial score (nSPS) is 14.1. The maximum absolute atomic E-state index is 12.9. The van der Waals surface area contributed by atoms with E-state index in [0.29, 0.717) is 44.8 Å². The van der Waals surface area contributed by atoms with Gasteiger partial charge in [0.15, 0.2) is 0 Å². The number of hydrogen-bond donors (Lipinski definition) is 2. The zero-order chi connectivity index (χ0) is 22.9. The quantitative estimate of drug-likeness (QED) is 0.351. The minimum absolute atomic E-state index is 0.000166. The van der Waals surface area contributed by atoms with Gasteiger partial charge >= 0.3 is 0 Å². The van der Waals surface area contributed by atoms with Crippen molar-refractivity contribution in [2.45, 2.75) is 19.3 Å². The van der Waals surface area contributed by atoms with E-state index in [1.807, 2.05) is 18.2 Å². The molecule has 2 aromatic rings. The first kappa shape index (κ1) is 23.2. The summed E-state index contributed by atoms with van der Waals surface area (Å²) in [6, 6.07) is 13.6. The molecule has 0 aliphatic carbocycles. The van der Waals surface area contributed by atoms with E-state index in [-0.39, 0.29) is 29.0 Å². The fraction of sp³-hybridized carbons (Fsp3) is 0.391. The Labute approximate surface area is 186 Å². The van der Waals surface area contributed by atoms with Gasteiger partial charge in [-0.3, -0.25) is 19.7 Å². The van der Waals surface area contributed by atoms with Gasteiger partial charge in [0.1, 0.15) is 5.69 Å². The average Bonchev–Trinajstić information content (AvgIpc) is 2.82. The number of benzene rings is 2. The van der Waals surface area contributed by atoms with E-state index in [0.717, 1.165) is 12.1 Å². The summed E-state index contributed by atoms with van der Waals surface area (Å²) in [5.41, 5.74) is 1.14. The summed E-state index contributed by atoms with van der Waals surface area (Å²) in [6.45, 7) is 2.04. The third kappa shape index (κ3) is 6.04. The van der Waals surface area contributed by atoms with Gasteiger partial charge in [0.2, 0.25) is 5.91 Å². The molecule has 9 heteroatoms. The molecule has 0 bridgehead atoms. The molecule has 2 N–H and O–H groups in total. The van der Waals surface area contributed by atoms with Gasteiger partial charge < -0.3 is 20.3 Å². The lowest BCUT2D eigenvalue weighted by atomic mass is 9.95. The molecule has 0 atom stereocenters. The van der Waals surface area contributed by atoms with Crippen LogP contribution in [0, 0.1) is 16.0 Å². The monoisotopic (exact) mass is 440 g/mol. The average molecular weight is 441 g/mol. The van der Waals surface area contributed by atoms with Gasteiger partial charge in [-0.2, -0.15) is 0 Å². The van der Waals surface area contributed by atoms with Crippen LogP contribution in [0.1, 0.15) is 29.6 Å². The molecule has 3 rings (SSSR count). The first-order valence-electron chi connectivity index (χ1n) is 10.7. The highest BCUT2D eigenvalue weighted by molar-refractivity contribution is 5.96. The van der Waals surface area contributed by atoms with E-state index in [9.17, 15) is 19.7 Å². The number of anilines is 2. The minimum atomic E-state index is -0.498. The number of carbonyl (C=O) groups is 2. The van der Waals surface area contributed by atoms with Crippen molar-refractivity contribution in [2.75, 3.05) is 38.7 Å². The lowest BCUT2D eigenvalue weighted by Crippen LogP contribution is -2.43. The van der Waals surface area contributed by atoms with Crippen molar-refractivity contribution in [1.29, 1.82) is 0 Å². The molecule has 170 valence electrons. The molecule has 9 nitrogen and oxygen atoms in total. The maximum Gasteiger partial charge on any atom is 0.293 e. The van der Waals surface area contributed by atoms with Gasteiger partial charge in [-0.1, -0.05) is 18.2 Å². The van der Waals surface area contributed by atoms with Gasteiger partial charge in [0.05, 0.1) is 4.92 Å². The van der Waals surface area contributed by atoms with Gasteiger partial charge in [0.25, 0.3) is 11.6 Å². The molecule has 1 fully saturated rings. The molecule has 1 aliphatic rings. The first-order valence-corrected chi connectivity index (χ1v) is 10.7. The molecule has 0 aromatic heterocycles. The fourth-order valence-electron chi connectivity index (χ4n) is 3.70. The number of para-hydroxylation sites is 1. The van der Waals surface area contributed by atoms with Crippen LogP contribution in [0.2, 0.25) is 0 Å². The van der Waals surface area contributed by atoms with E-state index in [1.54, 1.807) is 36.3 Å². The summed E-state index contributed by atoms with van der Waals surface area (Å²) in [7, 11) is 1.62. The Morgan fingerprint density at radius 2 is 1.88 bits per heavy atom. The molecule has 1 heterocycles. The number of ether oxygens (including phenoxy) is 1. The number of piperidine rings is 1. The first-order chi connectivity index (χ1) is 15.5. The van der Waals surface area contributed by atoms with Crippen molar-refractivity contribution in [1.82, 2.24) is 10.2 Å². The van der Waals surface area contributed by atoms with Crippen molar-refractivity contribution in [3.63, 3.8) is 0 Å². The van der Waals surface area contributed by atoms with E-state index in [1.165, 1.54) is 6.07 Å². The van der Waals surface area contributed by atoms with E-state index < -0.39 is 4.92 Å². The smallest absolute Gasteiger partial charge is 0.293 e. The van der Waals surface area contributed by atoms with Gasteiger partial charge in [-0.25, -0.2) is 0 Å². The largest absolute Gasteiger partial charge is 0.385 e. The number of amides is 2. The Bertz CT molecular complexity index is 943. The second kappa shape index (κ2) is 11.2. The summed E-state index contributed by atoms with van der Waals surface area (Å²) in [5, 5.41) is 17.5. The molecule has 0 spiro atoms. The summed E-state index contributed by atoms with van der Waals surface area (Å²) < 4.78 is 4.97. The van der Waals surface area contributed by atoms with Gasteiger partial charge in [0, 0.05) is 56.6 Å². The van der Waals surface area contributed by atoms with Crippen LogP contribution in [0.5, 0.6) is 0 Å². The van der Waals surface area contributed by atoms with Crippen LogP contribution >= 0.6 is 0 Å². The molecule has 32 heavy (non-hydrogen) atoms. The number of hydrogen-bond acceptors (Lipinski definition) is 6. The van der Waals surface area contributed by atoms with Gasteiger partial charge in [-0.05, 0) is 43.5 Å². The molecule has 1 aliphatic heterocycles. The Morgan fingerprint density at radius 1 is 1.16 bits per heavy atom. The Morgan fingerprint density at radius 3 is 2.53 bits per heavy atom. The zero-order valence-corrected chi connectivity index (χ0v) is 18.1. The summed E-state index contributed by atoms with van der Waals surface area (Å²) in [6.07, 6.45) is 1.89. The molecule has 2 aromatic carbocycles. The number of nitrogens with one attached hydrogen (secondary N) is 2. The van der Waals surface area contributed by atoms with Crippen LogP contribution in [-0.2, 0) is 9.53 Å². The van der Waals surface area contributed by atoms with Crippen molar-refractivity contribution in [3.8, 4) is 0 Å². The van der Waals surface area contributed by atoms with Crippen LogP contribution in [0.25, 0.3) is 0 Å². The molecule has 0 saturated carbocycles. The van der Waals surface area contributed by atoms with Crippen LogP contribution < -0.4 is 10.6 Å². The second-order valence-corrected chi connectivity index (χ2v) is 7.68. The summed E-state index contributed by atoms with van der Waals surface area (Å²) in [4.78, 5) is 38.0. The molecule has 2 amide bonds. The minimum Gasteiger partial charge on any atom is -0.385 e. The third-order valence-corrected chi connectivity index (χ3v) is 5.47. The summed E-state index contributed by atoms with van der Waals surface area (Å²) in [5.74, 6) is -0.396. The second-order valence-electron chi connectivity index (χ2n) is 7.68. The zero-order valence-electron chi connectivity index (χ0n) is 18.1. The SMILES string of the molecule is COCCCNC(=O)C1CCN(C(=O)c2ccc(Nc3ccccc3)c([N+](=O)[O-])c2)CC1. The van der Waals surface area contributed by atoms with Crippen molar-refractivity contribution < 1.29 is 19.2 Å². The summed E-state index contributed by atoms with van der Waals surface area (Å²) >= 11 is 0.